The van der Waals surface area contributed by atoms with Gasteiger partial charge >= 0.3 is 6.18 Å². The molecule has 1 aliphatic carbocycles. The topological polar surface area (TPSA) is 16.1 Å². The largest absolute Gasteiger partial charge is 0.416 e. The molecule has 1 saturated carbocycles. The number of aromatic nitrogens is 1. The molecule has 3 rings (SSSR count). The summed E-state index contributed by atoms with van der Waals surface area (Å²) in [6.07, 6.45) is -1.76. The van der Waals surface area contributed by atoms with Gasteiger partial charge in [0.15, 0.2) is 0 Å². The van der Waals surface area contributed by atoms with Gasteiger partial charge in [-0.2, -0.15) is 13.2 Å². The standard InChI is InChI=1S/C12H12BrF3N2/c13-3-9-4-17-11(2-10(9)12(14,15)16)18-5-7-1-8(7)6-18/h2,4,7-8H,1,3,5-6H2. The van der Waals surface area contributed by atoms with Crippen molar-refractivity contribution in [1.82, 2.24) is 4.98 Å². The zero-order chi connectivity index (χ0) is 12.9. The lowest BCUT2D eigenvalue weighted by Gasteiger charge is -2.21. The number of rotatable bonds is 2. The molecule has 1 saturated heterocycles. The number of fused-ring (bicyclic) bond motifs is 1. The van der Waals surface area contributed by atoms with Crippen LogP contribution in [0.15, 0.2) is 12.3 Å². The molecule has 1 aromatic rings. The van der Waals surface area contributed by atoms with Crippen LogP contribution >= 0.6 is 15.9 Å². The molecule has 2 fully saturated rings. The number of nitrogens with zero attached hydrogens (tertiary/aromatic N) is 2. The van der Waals surface area contributed by atoms with E-state index >= 15 is 0 Å². The summed E-state index contributed by atoms with van der Waals surface area (Å²) in [6.45, 7) is 1.70. The van der Waals surface area contributed by atoms with E-state index in [0.717, 1.165) is 13.1 Å². The highest BCUT2D eigenvalue weighted by Gasteiger charge is 2.45. The van der Waals surface area contributed by atoms with Crippen LogP contribution in [0.1, 0.15) is 17.5 Å². The Bertz CT molecular complexity index is 465. The minimum atomic E-state index is -4.32. The third-order valence-corrected chi connectivity index (χ3v) is 4.33. The molecule has 2 heterocycles. The summed E-state index contributed by atoms with van der Waals surface area (Å²) in [7, 11) is 0. The predicted molar refractivity (Wildman–Crippen MR) is 65.7 cm³/mol. The third kappa shape index (κ3) is 2.11. The van der Waals surface area contributed by atoms with Gasteiger partial charge in [0.1, 0.15) is 5.82 Å². The lowest BCUT2D eigenvalue weighted by Crippen LogP contribution is -2.24. The van der Waals surface area contributed by atoms with Gasteiger partial charge < -0.3 is 4.90 Å². The van der Waals surface area contributed by atoms with Gasteiger partial charge in [0.2, 0.25) is 0 Å². The maximum absolute atomic E-state index is 12.9. The zero-order valence-electron chi connectivity index (χ0n) is 9.54. The second kappa shape index (κ2) is 4.11. The first-order valence-corrected chi connectivity index (χ1v) is 6.98. The van der Waals surface area contributed by atoms with E-state index in [-0.39, 0.29) is 10.9 Å². The van der Waals surface area contributed by atoms with Crippen LogP contribution < -0.4 is 4.90 Å². The summed E-state index contributed by atoms with van der Waals surface area (Å²) < 4.78 is 38.8. The fourth-order valence-corrected chi connectivity index (χ4v) is 3.05. The van der Waals surface area contributed by atoms with Crippen molar-refractivity contribution in [3.05, 3.63) is 23.4 Å². The minimum Gasteiger partial charge on any atom is -0.356 e. The Morgan fingerprint density at radius 1 is 1.33 bits per heavy atom. The lowest BCUT2D eigenvalue weighted by molar-refractivity contribution is -0.138. The van der Waals surface area contributed by atoms with E-state index < -0.39 is 11.7 Å². The first kappa shape index (κ1) is 12.3. The van der Waals surface area contributed by atoms with Crippen LogP contribution in [0.3, 0.4) is 0 Å². The molecule has 0 spiro atoms. The summed E-state index contributed by atoms with van der Waals surface area (Å²) in [5, 5.41) is 0.167. The summed E-state index contributed by atoms with van der Waals surface area (Å²) in [6, 6.07) is 1.18. The zero-order valence-corrected chi connectivity index (χ0v) is 11.1. The molecule has 0 N–H and O–H groups in total. The quantitative estimate of drug-likeness (QED) is 0.776. The number of piperidine rings is 1. The molecule has 0 radical (unpaired) electrons. The highest BCUT2D eigenvalue weighted by Crippen LogP contribution is 2.46. The second-order valence-electron chi connectivity index (χ2n) is 4.99. The third-order valence-electron chi connectivity index (χ3n) is 3.72. The van der Waals surface area contributed by atoms with Crippen molar-refractivity contribution < 1.29 is 13.2 Å². The van der Waals surface area contributed by atoms with Crippen LogP contribution in [0.2, 0.25) is 0 Å². The van der Waals surface area contributed by atoms with Gasteiger partial charge in [0, 0.05) is 24.6 Å². The average Bonchev–Trinajstić information content (AvgIpc) is 2.94. The van der Waals surface area contributed by atoms with Gasteiger partial charge in [0.25, 0.3) is 0 Å². The van der Waals surface area contributed by atoms with Gasteiger partial charge in [-0.25, -0.2) is 4.98 Å². The monoisotopic (exact) mass is 320 g/mol. The van der Waals surface area contributed by atoms with Crippen molar-refractivity contribution in [1.29, 1.82) is 0 Å². The number of hydrogen-bond acceptors (Lipinski definition) is 2. The Morgan fingerprint density at radius 2 is 2.00 bits per heavy atom. The van der Waals surface area contributed by atoms with Gasteiger partial charge in [-0.1, -0.05) is 15.9 Å². The Labute approximate surface area is 111 Å². The Kier molecular flexibility index (Phi) is 2.80. The van der Waals surface area contributed by atoms with E-state index in [0.29, 0.717) is 17.7 Å². The van der Waals surface area contributed by atoms with Crippen molar-refractivity contribution in [2.24, 2.45) is 11.8 Å². The number of alkyl halides is 4. The van der Waals surface area contributed by atoms with E-state index in [1.54, 1.807) is 0 Å². The molecular formula is C12H12BrF3N2. The Morgan fingerprint density at radius 3 is 2.56 bits per heavy atom. The van der Waals surface area contributed by atoms with Crippen molar-refractivity contribution in [2.75, 3.05) is 18.0 Å². The number of pyridine rings is 1. The van der Waals surface area contributed by atoms with Crippen LogP contribution in [0, 0.1) is 11.8 Å². The fourth-order valence-electron chi connectivity index (χ4n) is 2.60. The first-order chi connectivity index (χ1) is 8.49. The van der Waals surface area contributed by atoms with Gasteiger partial charge in [0.05, 0.1) is 5.56 Å². The lowest BCUT2D eigenvalue weighted by atomic mass is 10.1. The van der Waals surface area contributed by atoms with Crippen LogP contribution in [-0.2, 0) is 11.5 Å². The summed E-state index contributed by atoms with van der Waals surface area (Å²) in [5.41, 5.74) is -0.388. The summed E-state index contributed by atoms with van der Waals surface area (Å²) in [5.74, 6) is 1.81. The molecule has 0 amide bonds. The van der Waals surface area contributed by atoms with Gasteiger partial charge in [-0.15, -0.1) is 0 Å². The number of halogens is 4. The van der Waals surface area contributed by atoms with Crippen molar-refractivity contribution in [2.45, 2.75) is 17.9 Å². The van der Waals surface area contributed by atoms with Gasteiger partial charge in [-0.3, -0.25) is 0 Å². The molecule has 0 bridgehead atoms. The van der Waals surface area contributed by atoms with E-state index in [9.17, 15) is 13.2 Å². The fraction of sp³-hybridized carbons (Fsp3) is 0.583. The van der Waals surface area contributed by atoms with Crippen molar-refractivity contribution in [3.63, 3.8) is 0 Å². The van der Waals surface area contributed by atoms with Crippen LogP contribution in [-0.4, -0.2) is 18.1 Å². The Balaban J connectivity index is 1.92. The van der Waals surface area contributed by atoms with Crippen molar-refractivity contribution >= 4 is 21.7 Å². The maximum atomic E-state index is 12.9. The molecule has 2 unspecified atom stereocenters. The van der Waals surface area contributed by atoms with E-state index in [2.05, 4.69) is 20.9 Å². The predicted octanol–water partition coefficient (Wildman–Crippen LogP) is 3.45. The molecular weight excluding hydrogens is 309 g/mol. The molecule has 1 aliphatic heterocycles. The molecule has 2 atom stereocenters. The average molecular weight is 321 g/mol. The van der Waals surface area contributed by atoms with Crippen LogP contribution in [0.4, 0.5) is 19.0 Å². The maximum Gasteiger partial charge on any atom is 0.416 e. The molecule has 18 heavy (non-hydrogen) atoms. The normalized spacial score (nSPS) is 26.3. The minimum absolute atomic E-state index is 0.167. The highest BCUT2D eigenvalue weighted by atomic mass is 79.9. The smallest absolute Gasteiger partial charge is 0.356 e. The molecule has 98 valence electrons. The van der Waals surface area contributed by atoms with Gasteiger partial charge in [-0.05, 0) is 29.9 Å². The molecule has 2 nitrogen and oxygen atoms in total. The van der Waals surface area contributed by atoms with E-state index in [1.807, 2.05) is 4.90 Å². The number of hydrogen-bond donors (Lipinski definition) is 0. The molecule has 1 aromatic heterocycles. The van der Waals surface area contributed by atoms with Crippen LogP contribution in [0.5, 0.6) is 0 Å². The number of anilines is 1. The molecule has 0 aromatic carbocycles. The van der Waals surface area contributed by atoms with Crippen LogP contribution in [0.25, 0.3) is 0 Å². The highest BCUT2D eigenvalue weighted by molar-refractivity contribution is 9.08. The van der Waals surface area contributed by atoms with E-state index in [4.69, 9.17) is 0 Å². The van der Waals surface area contributed by atoms with Crippen molar-refractivity contribution in [3.8, 4) is 0 Å². The SMILES string of the molecule is FC(F)(F)c1cc(N2CC3CC3C2)ncc1CBr. The van der Waals surface area contributed by atoms with E-state index in [1.165, 1.54) is 18.7 Å². The molecule has 2 aliphatic rings. The first-order valence-electron chi connectivity index (χ1n) is 5.86. The Hall–Kier alpha value is -0.780. The summed E-state index contributed by atoms with van der Waals surface area (Å²) in [4.78, 5) is 6.12. The second-order valence-corrected chi connectivity index (χ2v) is 5.55. The molecule has 6 heteroatoms. The summed E-state index contributed by atoms with van der Waals surface area (Å²) >= 11 is 3.07.